The normalized spacial score (nSPS) is 11.6. The van der Waals surface area contributed by atoms with E-state index >= 15 is 0 Å². The fraction of sp³-hybridized carbons (Fsp3) is 0.125. The highest BCUT2D eigenvalue weighted by atomic mass is 16.4. The summed E-state index contributed by atoms with van der Waals surface area (Å²) in [5.74, 6) is 0.188. The van der Waals surface area contributed by atoms with Gasteiger partial charge in [0.1, 0.15) is 11.2 Å². The molecular formula is C24H21N3O3. The molecule has 1 aromatic carbocycles. The van der Waals surface area contributed by atoms with Gasteiger partial charge in [-0.25, -0.2) is 0 Å². The molecule has 0 radical (unpaired) electrons. The summed E-state index contributed by atoms with van der Waals surface area (Å²) in [6.07, 6.45) is 3.57. The SMILES string of the molecule is Cc1ccc(Cn2ccccc2=NC(=O)c2ccc(Cn3ccccc3=O)o2)cc1. The molecule has 4 rings (SSSR count). The monoisotopic (exact) mass is 399 g/mol. The van der Waals surface area contributed by atoms with E-state index in [9.17, 15) is 9.59 Å². The predicted molar refractivity (Wildman–Crippen MR) is 113 cm³/mol. The van der Waals surface area contributed by atoms with E-state index in [2.05, 4.69) is 29.3 Å². The smallest absolute Gasteiger partial charge is 0.314 e. The standard InChI is InChI=1S/C24H21N3O3/c1-18-8-10-19(11-9-18)16-26-14-4-2-6-22(26)25-24(29)21-13-12-20(30-21)17-27-15-5-3-7-23(27)28/h2-15H,16-17H2,1H3. The van der Waals surface area contributed by atoms with Crippen LogP contribution in [0.2, 0.25) is 0 Å². The average Bonchev–Trinajstić information content (AvgIpc) is 3.22. The van der Waals surface area contributed by atoms with Crippen molar-refractivity contribution in [3.63, 3.8) is 0 Å². The average molecular weight is 399 g/mol. The quantitative estimate of drug-likeness (QED) is 0.517. The molecule has 0 unspecified atom stereocenters. The first kappa shape index (κ1) is 19.4. The van der Waals surface area contributed by atoms with Crippen molar-refractivity contribution in [2.45, 2.75) is 20.0 Å². The lowest BCUT2D eigenvalue weighted by Crippen LogP contribution is -2.22. The lowest BCUT2D eigenvalue weighted by Gasteiger charge is -2.07. The topological polar surface area (TPSA) is 69.5 Å². The second-order valence-electron chi connectivity index (χ2n) is 7.02. The number of nitrogens with zero attached hydrogens (tertiary/aromatic N) is 3. The van der Waals surface area contributed by atoms with Crippen molar-refractivity contribution in [1.82, 2.24) is 9.13 Å². The fourth-order valence-electron chi connectivity index (χ4n) is 3.09. The van der Waals surface area contributed by atoms with Gasteiger partial charge in [0.25, 0.3) is 5.56 Å². The highest BCUT2D eigenvalue weighted by molar-refractivity contribution is 5.92. The van der Waals surface area contributed by atoms with Gasteiger partial charge in [-0.3, -0.25) is 9.59 Å². The zero-order valence-corrected chi connectivity index (χ0v) is 16.6. The highest BCUT2D eigenvalue weighted by Crippen LogP contribution is 2.10. The molecule has 0 atom stereocenters. The number of carbonyl (C=O) groups is 1. The minimum atomic E-state index is -0.467. The van der Waals surface area contributed by atoms with Crippen LogP contribution in [0.25, 0.3) is 0 Å². The largest absolute Gasteiger partial charge is 0.454 e. The van der Waals surface area contributed by atoms with E-state index in [-0.39, 0.29) is 17.9 Å². The van der Waals surface area contributed by atoms with Crippen LogP contribution in [0.5, 0.6) is 0 Å². The van der Waals surface area contributed by atoms with Crippen LogP contribution in [0.4, 0.5) is 0 Å². The van der Waals surface area contributed by atoms with Crippen LogP contribution in [-0.2, 0) is 13.1 Å². The molecule has 0 aliphatic carbocycles. The summed E-state index contributed by atoms with van der Waals surface area (Å²) in [4.78, 5) is 28.7. The summed E-state index contributed by atoms with van der Waals surface area (Å²) < 4.78 is 9.06. The maximum Gasteiger partial charge on any atom is 0.314 e. The maximum absolute atomic E-state index is 12.7. The number of hydrogen-bond acceptors (Lipinski definition) is 3. The van der Waals surface area contributed by atoms with Crippen molar-refractivity contribution < 1.29 is 9.21 Å². The van der Waals surface area contributed by atoms with Crippen LogP contribution < -0.4 is 11.0 Å². The summed E-state index contributed by atoms with van der Waals surface area (Å²) >= 11 is 0. The van der Waals surface area contributed by atoms with Crippen LogP contribution in [0.3, 0.4) is 0 Å². The Bertz CT molecular complexity index is 1290. The number of hydrogen-bond donors (Lipinski definition) is 0. The molecular weight excluding hydrogens is 378 g/mol. The molecule has 30 heavy (non-hydrogen) atoms. The molecule has 0 N–H and O–H groups in total. The molecule has 1 amide bonds. The number of pyridine rings is 2. The summed E-state index contributed by atoms with van der Waals surface area (Å²) in [7, 11) is 0. The van der Waals surface area contributed by atoms with Crippen molar-refractivity contribution in [1.29, 1.82) is 0 Å². The lowest BCUT2D eigenvalue weighted by molar-refractivity contribution is 0.0968. The first-order valence-corrected chi connectivity index (χ1v) is 9.63. The third-order valence-electron chi connectivity index (χ3n) is 4.70. The Kier molecular flexibility index (Phi) is 5.57. The molecule has 0 bridgehead atoms. The number of carbonyl (C=O) groups excluding carboxylic acids is 1. The minimum Gasteiger partial charge on any atom is -0.454 e. The molecule has 4 aromatic rings. The van der Waals surface area contributed by atoms with Gasteiger partial charge in [0.15, 0.2) is 5.76 Å². The van der Waals surface area contributed by atoms with E-state index in [1.54, 1.807) is 36.5 Å². The Labute approximate surface area is 173 Å². The third kappa shape index (κ3) is 4.55. The number of furan rings is 1. The molecule has 0 fully saturated rings. The van der Waals surface area contributed by atoms with E-state index in [0.29, 0.717) is 17.8 Å². The number of rotatable bonds is 5. The molecule has 3 heterocycles. The molecule has 150 valence electrons. The van der Waals surface area contributed by atoms with Gasteiger partial charge < -0.3 is 13.6 Å². The van der Waals surface area contributed by atoms with Crippen molar-refractivity contribution in [3.05, 3.63) is 124 Å². The predicted octanol–water partition coefficient (Wildman–Crippen LogP) is 3.39. The fourth-order valence-corrected chi connectivity index (χ4v) is 3.09. The second kappa shape index (κ2) is 8.61. The molecule has 0 saturated heterocycles. The number of aromatic nitrogens is 2. The van der Waals surface area contributed by atoms with Gasteiger partial charge >= 0.3 is 5.91 Å². The van der Waals surface area contributed by atoms with Gasteiger partial charge in [-0.1, -0.05) is 42.0 Å². The third-order valence-corrected chi connectivity index (χ3v) is 4.70. The molecule has 3 aromatic heterocycles. The summed E-state index contributed by atoms with van der Waals surface area (Å²) in [6, 6.07) is 22.0. The van der Waals surface area contributed by atoms with Gasteiger partial charge in [0.05, 0.1) is 6.54 Å². The van der Waals surface area contributed by atoms with Crippen LogP contribution in [0.1, 0.15) is 27.4 Å². The van der Waals surface area contributed by atoms with Gasteiger partial charge in [0, 0.05) is 25.0 Å². The summed E-state index contributed by atoms with van der Waals surface area (Å²) in [6.45, 7) is 2.91. The van der Waals surface area contributed by atoms with Crippen molar-refractivity contribution in [2.75, 3.05) is 0 Å². The summed E-state index contributed by atoms with van der Waals surface area (Å²) in [5, 5.41) is 0. The minimum absolute atomic E-state index is 0.132. The summed E-state index contributed by atoms with van der Waals surface area (Å²) in [5.41, 5.74) is 2.73. The van der Waals surface area contributed by atoms with Crippen LogP contribution in [0.15, 0.2) is 99.4 Å². The van der Waals surface area contributed by atoms with Crippen LogP contribution in [0, 0.1) is 6.92 Å². The Balaban J connectivity index is 1.56. The van der Waals surface area contributed by atoms with Crippen LogP contribution in [-0.4, -0.2) is 15.0 Å². The van der Waals surface area contributed by atoms with Gasteiger partial charge in [-0.05, 0) is 42.8 Å². The molecule has 0 aliphatic rings. The number of aryl methyl sites for hydroxylation is 1. The first-order valence-electron chi connectivity index (χ1n) is 9.63. The molecule has 0 saturated carbocycles. The Morgan fingerprint density at radius 2 is 1.60 bits per heavy atom. The van der Waals surface area contributed by atoms with E-state index in [1.807, 2.05) is 29.8 Å². The zero-order valence-electron chi connectivity index (χ0n) is 16.6. The van der Waals surface area contributed by atoms with E-state index in [0.717, 1.165) is 5.56 Å². The van der Waals surface area contributed by atoms with Crippen molar-refractivity contribution in [2.24, 2.45) is 4.99 Å². The Hall–Kier alpha value is -3.93. The van der Waals surface area contributed by atoms with E-state index < -0.39 is 5.91 Å². The Morgan fingerprint density at radius 1 is 0.867 bits per heavy atom. The molecule has 6 heteroatoms. The Morgan fingerprint density at radius 3 is 2.37 bits per heavy atom. The molecule has 0 aliphatic heterocycles. The van der Waals surface area contributed by atoms with Crippen molar-refractivity contribution >= 4 is 5.91 Å². The molecule has 0 spiro atoms. The van der Waals surface area contributed by atoms with Crippen LogP contribution >= 0.6 is 0 Å². The maximum atomic E-state index is 12.7. The van der Waals surface area contributed by atoms with Gasteiger partial charge in [0.2, 0.25) is 0 Å². The number of amides is 1. The number of benzene rings is 1. The van der Waals surface area contributed by atoms with Gasteiger partial charge in [-0.2, -0.15) is 4.99 Å². The van der Waals surface area contributed by atoms with E-state index in [1.165, 1.54) is 16.2 Å². The zero-order chi connectivity index (χ0) is 20.9. The first-order chi connectivity index (χ1) is 14.6. The van der Waals surface area contributed by atoms with E-state index in [4.69, 9.17) is 4.42 Å². The highest BCUT2D eigenvalue weighted by Gasteiger charge is 2.11. The second-order valence-corrected chi connectivity index (χ2v) is 7.02. The molecule has 6 nitrogen and oxygen atoms in total. The lowest BCUT2D eigenvalue weighted by atomic mass is 10.1. The van der Waals surface area contributed by atoms with Crippen molar-refractivity contribution in [3.8, 4) is 0 Å². The van der Waals surface area contributed by atoms with Gasteiger partial charge in [-0.15, -0.1) is 0 Å².